The summed E-state index contributed by atoms with van der Waals surface area (Å²) in [6, 6.07) is 0. The summed E-state index contributed by atoms with van der Waals surface area (Å²) in [4.78, 5) is 11.2. The molecule has 0 unspecified atom stereocenters. The molecular weight excluding hydrogens is 314 g/mol. The summed E-state index contributed by atoms with van der Waals surface area (Å²) in [7, 11) is -1.80. The smallest absolute Gasteiger partial charge is 0.261 e. The minimum Gasteiger partial charge on any atom is -0.396 e. The number of amides is 1. The highest BCUT2D eigenvalue weighted by atomic mass is 32.2. The maximum atomic E-state index is 11.8. The van der Waals surface area contributed by atoms with Crippen LogP contribution in [0.15, 0.2) is 17.3 Å². The van der Waals surface area contributed by atoms with Gasteiger partial charge in [-0.2, -0.15) is 5.10 Å². The molecule has 10 heteroatoms. The zero-order valence-corrected chi connectivity index (χ0v) is 13.1. The molecule has 114 valence electrons. The predicted molar refractivity (Wildman–Crippen MR) is 80.9 cm³/mol. The molecule has 1 amide bonds. The average molecular weight is 329 g/mol. The SMILES string of the molecule is Cn1cc(CNc2sc(C(N)=O)c(N)c2S(C)(=O)=O)cn1. The summed E-state index contributed by atoms with van der Waals surface area (Å²) >= 11 is 0.930. The summed E-state index contributed by atoms with van der Waals surface area (Å²) in [6.45, 7) is 0.356. The molecule has 2 aromatic heterocycles. The van der Waals surface area contributed by atoms with Gasteiger partial charge in [0.05, 0.1) is 11.9 Å². The van der Waals surface area contributed by atoms with Crippen LogP contribution in [0.25, 0.3) is 0 Å². The van der Waals surface area contributed by atoms with E-state index in [2.05, 4.69) is 10.4 Å². The number of carbonyl (C=O) groups is 1. The second kappa shape index (κ2) is 5.37. The van der Waals surface area contributed by atoms with E-state index < -0.39 is 15.7 Å². The number of sulfone groups is 1. The number of nitrogens with one attached hydrogen (secondary N) is 1. The zero-order valence-electron chi connectivity index (χ0n) is 11.5. The first-order valence-electron chi connectivity index (χ1n) is 5.83. The van der Waals surface area contributed by atoms with Gasteiger partial charge in [-0.25, -0.2) is 8.42 Å². The Balaban J connectivity index is 2.38. The van der Waals surface area contributed by atoms with Crippen molar-refractivity contribution in [3.63, 3.8) is 0 Å². The van der Waals surface area contributed by atoms with Gasteiger partial charge in [0.25, 0.3) is 5.91 Å². The fraction of sp³-hybridized carbons (Fsp3) is 0.273. The molecule has 2 aromatic rings. The summed E-state index contributed by atoms with van der Waals surface area (Å²) in [6.07, 6.45) is 4.48. The number of rotatable bonds is 5. The number of aromatic nitrogens is 2. The van der Waals surface area contributed by atoms with Crippen molar-refractivity contribution in [1.29, 1.82) is 0 Å². The monoisotopic (exact) mass is 329 g/mol. The van der Waals surface area contributed by atoms with E-state index in [0.717, 1.165) is 23.2 Å². The number of nitrogen functional groups attached to an aromatic ring is 1. The summed E-state index contributed by atoms with van der Waals surface area (Å²) in [5.41, 5.74) is 11.7. The third kappa shape index (κ3) is 3.16. The molecular formula is C11H15N5O3S2. The van der Waals surface area contributed by atoms with E-state index >= 15 is 0 Å². The molecule has 0 bridgehead atoms. The van der Waals surface area contributed by atoms with E-state index in [9.17, 15) is 13.2 Å². The molecule has 0 saturated heterocycles. The van der Waals surface area contributed by atoms with Crippen LogP contribution in [0.1, 0.15) is 15.2 Å². The van der Waals surface area contributed by atoms with Gasteiger partial charge in [0.2, 0.25) is 0 Å². The van der Waals surface area contributed by atoms with Crippen molar-refractivity contribution < 1.29 is 13.2 Å². The van der Waals surface area contributed by atoms with E-state index in [4.69, 9.17) is 11.5 Å². The molecule has 0 radical (unpaired) electrons. The second-order valence-corrected chi connectivity index (χ2v) is 7.49. The third-order valence-corrected chi connectivity index (χ3v) is 5.18. The molecule has 0 aliphatic rings. The molecule has 8 nitrogen and oxygen atoms in total. The Bertz CT molecular complexity index is 791. The lowest BCUT2D eigenvalue weighted by Gasteiger charge is -2.05. The van der Waals surface area contributed by atoms with Gasteiger partial charge in [0.1, 0.15) is 14.8 Å². The first-order chi connectivity index (χ1) is 9.70. The van der Waals surface area contributed by atoms with Crippen molar-refractivity contribution >= 4 is 37.8 Å². The fourth-order valence-corrected chi connectivity index (χ4v) is 4.26. The number of primary amides is 1. The van der Waals surface area contributed by atoms with Crippen molar-refractivity contribution in [2.45, 2.75) is 11.4 Å². The molecule has 0 spiro atoms. The molecule has 2 heterocycles. The normalized spacial score (nSPS) is 11.5. The maximum absolute atomic E-state index is 11.8. The second-order valence-electron chi connectivity index (χ2n) is 4.52. The number of hydrogen-bond acceptors (Lipinski definition) is 7. The van der Waals surface area contributed by atoms with Crippen LogP contribution >= 0.6 is 11.3 Å². The van der Waals surface area contributed by atoms with Crippen LogP contribution in [-0.2, 0) is 23.4 Å². The van der Waals surface area contributed by atoms with Gasteiger partial charge in [0.15, 0.2) is 9.84 Å². The largest absolute Gasteiger partial charge is 0.396 e. The van der Waals surface area contributed by atoms with Crippen molar-refractivity contribution in [3.05, 3.63) is 22.8 Å². The standard InChI is InChI=1S/C11H15N5O3S2/c1-16-5-6(4-15-16)3-14-11-9(21(2,18)19)7(12)8(20-11)10(13)17/h4-5,14H,3,12H2,1-2H3,(H2,13,17). The van der Waals surface area contributed by atoms with Crippen LogP contribution in [-0.4, -0.2) is 30.4 Å². The van der Waals surface area contributed by atoms with Crippen molar-refractivity contribution in [2.75, 3.05) is 17.3 Å². The fourth-order valence-electron chi connectivity index (χ4n) is 1.84. The molecule has 0 atom stereocenters. The maximum Gasteiger partial charge on any atom is 0.261 e. The van der Waals surface area contributed by atoms with E-state index in [1.54, 1.807) is 24.1 Å². The van der Waals surface area contributed by atoms with Crippen LogP contribution in [0.3, 0.4) is 0 Å². The number of carbonyl (C=O) groups excluding carboxylic acids is 1. The minimum absolute atomic E-state index is 0.0316. The summed E-state index contributed by atoms with van der Waals surface area (Å²) < 4.78 is 25.3. The van der Waals surface area contributed by atoms with Crippen LogP contribution in [0.5, 0.6) is 0 Å². The summed E-state index contributed by atoms with van der Waals surface area (Å²) in [5.74, 6) is -0.753. The molecule has 0 aliphatic heterocycles. The molecule has 0 fully saturated rings. The van der Waals surface area contributed by atoms with E-state index in [0.29, 0.717) is 11.5 Å². The number of thiophene rings is 1. The van der Waals surface area contributed by atoms with Crippen molar-refractivity contribution in [2.24, 2.45) is 12.8 Å². The molecule has 2 rings (SSSR count). The lowest BCUT2D eigenvalue weighted by molar-refractivity contribution is 0.100. The van der Waals surface area contributed by atoms with Gasteiger partial charge in [-0.1, -0.05) is 0 Å². The molecule has 5 N–H and O–H groups in total. The Morgan fingerprint density at radius 3 is 2.67 bits per heavy atom. The topological polar surface area (TPSA) is 133 Å². The molecule has 0 saturated carbocycles. The van der Waals surface area contributed by atoms with Crippen LogP contribution in [0.4, 0.5) is 10.7 Å². The number of nitrogens with two attached hydrogens (primary N) is 2. The summed E-state index contributed by atoms with van der Waals surface area (Å²) in [5, 5.41) is 7.28. The van der Waals surface area contributed by atoms with Crippen molar-refractivity contribution in [3.8, 4) is 0 Å². The number of nitrogens with zero attached hydrogens (tertiary/aromatic N) is 2. The Morgan fingerprint density at radius 2 is 2.19 bits per heavy atom. The van der Waals surface area contributed by atoms with E-state index in [1.165, 1.54) is 0 Å². The third-order valence-electron chi connectivity index (χ3n) is 2.71. The van der Waals surface area contributed by atoms with Gasteiger partial charge >= 0.3 is 0 Å². The van der Waals surface area contributed by atoms with Gasteiger partial charge < -0.3 is 16.8 Å². The van der Waals surface area contributed by atoms with Gasteiger partial charge in [-0.05, 0) is 0 Å². The number of aryl methyl sites for hydroxylation is 1. The van der Waals surface area contributed by atoms with Crippen molar-refractivity contribution in [1.82, 2.24) is 9.78 Å². The van der Waals surface area contributed by atoms with Crippen LogP contribution in [0, 0.1) is 0 Å². The van der Waals surface area contributed by atoms with Gasteiger partial charge in [0, 0.05) is 31.6 Å². The Hall–Kier alpha value is -2.07. The first-order valence-corrected chi connectivity index (χ1v) is 8.54. The average Bonchev–Trinajstić information content (AvgIpc) is 2.89. The number of hydrogen-bond donors (Lipinski definition) is 3. The van der Waals surface area contributed by atoms with E-state index in [-0.39, 0.29) is 15.5 Å². The van der Waals surface area contributed by atoms with Gasteiger partial charge in [-0.3, -0.25) is 9.48 Å². The zero-order chi connectivity index (χ0) is 15.8. The highest BCUT2D eigenvalue weighted by molar-refractivity contribution is 7.91. The van der Waals surface area contributed by atoms with Gasteiger partial charge in [-0.15, -0.1) is 11.3 Å². The Kier molecular flexibility index (Phi) is 3.92. The Morgan fingerprint density at radius 1 is 1.52 bits per heavy atom. The minimum atomic E-state index is -3.58. The highest BCUT2D eigenvalue weighted by Gasteiger charge is 2.26. The van der Waals surface area contributed by atoms with Crippen LogP contribution in [0.2, 0.25) is 0 Å². The van der Waals surface area contributed by atoms with Crippen LogP contribution < -0.4 is 16.8 Å². The lowest BCUT2D eigenvalue weighted by Crippen LogP contribution is -2.12. The molecule has 21 heavy (non-hydrogen) atoms. The lowest BCUT2D eigenvalue weighted by atomic mass is 10.3. The Labute approximate surface area is 125 Å². The molecule has 0 aliphatic carbocycles. The first kappa shape index (κ1) is 15.3. The number of anilines is 2. The van der Waals surface area contributed by atoms with E-state index in [1.807, 2.05) is 0 Å². The highest BCUT2D eigenvalue weighted by Crippen LogP contribution is 2.39. The quantitative estimate of drug-likeness (QED) is 0.716. The molecule has 0 aromatic carbocycles. The predicted octanol–water partition coefficient (Wildman–Crippen LogP) is 0.178.